The second-order valence-corrected chi connectivity index (χ2v) is 7.06. The van der Waals surface area contributed by atoms with Crippen molar-refractivity contribution in [3.63, 3.8) is 0 Å². The van der Waals surface area contributed by atoms with Gasteiger partial charge in [-0.1, -0.05) is 59.6 Å². The first-order valence-electron chi connectivity index (χ1n) is 8.78. The van der Waals surface area contributed by atoms with E-state index in [1.54, 1.807) is 6.07 Å². The van der Waals surface area contributed by atoms with Gasteiger partial charge in [-0.15, -0.1) is 0 Å². The molecule has 0 radical (unpaired) electrons. The van der Waals surface area contributed by atoms with Crippen LogP contribution in [-0.4, -0.2) is 16.1 Å². The number of carbonyl (C=O) groups is 1. The monoisotopic (exact) mass is 425 g/mol. The van der Waals surface area contributed by atoms with Gasteiger partial charge in [0.1, 0.15) is 12.4 Å². The van der Waals surface area contributed by atoms with Crippen LogP contribution >= 0.6 is 15.9 Å². The quantitative estimate of drug-likeness (QED) is 0.523. The van der Waals surface area contributed by atoms with Gasteiger partial charge in [-0.05, 0) is 42.3 Å². The number of nitrogens with zero attached hydrogens (tertiary/aromatic N) is 1. The first-order chi connectivity index (χ1) is 13.1. The molecule has 0 aliphatic carbocycles. The third-order valence-corrected chi connectivity index (χ3v) is 4.70. The highest BCUT2D eigenvalue weighted by molar-refractivity contribution is 9.10. The molecule has 3 aromatic rings. The molecule has 2 aromatic carbocycles. The molecule has 0 unspecified atom stereocenters. The minimum Gasteiger partial charge on any atom is -0.487 e. The van der Waals surface area contributed by atoms with Gasteiger partial charge in [-0.3, -0.25) is 4.98 Å². The van der Waals surface area contributed by atoms with E-state index in [0.717, 1.165) is 34.1 Å². The van der Waals surface area contributed by atoms with Crippen molar-refractivity contribution in [1.29, 1.82) is 0 Å². The molecular weight excluding hydrogens is 406 g/mol. The average molecular weight is 426 g/mol. The largest absolute Gasteiger partial charge is 0.487 e. The Morgan fingerprint density at radius 2 is 1.78 bits per heavy atom. The molecule has 27 heavy (non-hydrogen) atoms. The lowest BCUT2D eigenvalue weighted by molar-refractivity contribution is 0.0693. The number of carboxylic acids is 1. The molecule has 0 spiro atoms. The summed E-state index contributed by atoms with van der Waals surface area (Å²) in [5.41, 5.74) is 3.30. The Labute approximate surface area is 167 Å². The minimum absolute atomic E-state index is 0.114. The summed E-state index contributed by atoms with van der Waals surface area (Å²) in [4.78, 5) is 16.5. The number of aryl methyl sites for hydroxylation is 1. The van der Waals surface area contributed by atoms with Crippen LogP contribution in [0.3, 0.4) is 0 Å². The molecule has 3 rings (SSSR count). The molecular formula is C22H20BrNO3. The number of para-hydroxylation sites is 1. The predicted molar refractivity (Wildman–Crippen MR) is 109 cm³/mol. The van der Waals surface area contributed by atoms with Crippen molar-refractivity contribution >= 4 is 21.9 Å². The topological polar surface area (TPSA) is 59.4 Å². The molecule has 5 heteroatoms. The SMILES string of the molecule is CCCc1nc(COc2ccccc2)c(C(=O)O)cc1-c1ccc(Br)cc1. The molecule has 0 bridgehead atoms. The van der Waals surface area contributed by atoms with Crippen LogP contribution < -0.4 is 4.74 Å². The summed E-state index contributed by atoms with van der Waals surface area (Å²) >= 11 is 3.43. The Morgan fingerprint density at radius 1 is 1.07 bits per heavy atom. The van der Waals surface area contributed by atoms with Gasteiger partial charge in [0.2, 0.25) is 0 Å². The van der Waals surface area contributed by atoms with Crippen molar-refractivity contribution in [2.75, 3.05) is 0 Å². The first kappa shape index (κ1) is 19.1. The van der Waals surface area contributed by atoms with E-state index in [-0.39, 0.29) is 12.2 Å². The Morgan fingerprint density at radius 3 is 2.41 bits per heavy atom. The maximum atomic E-state index is 11.8. The summed E-state index contributed by atoms with van der Waals surface area (Å²) in [6.45, 7) is 2.20. The number of rotatable bonds is 7. The Balaban J connectivity index is 2.01. The van der Waals surface area contributed by atoms with Crippen molar-refractivity contribution in [1.82, 2.24) is 4.98 Å². The fourth-order valence-electron chi connectivity index (χ4n) is 2.86. The maximum Gasteiger partial charge on any atom is 0.337 e. The predicted octanol–water partition coefficient (Wildman–Crippen LogP) is 5.74. The van der Waals surface area contributed by atoms with Gasteiger partial charge in [0, 0.05) is 15.7 Å². The highest BCUT2D eigenvalue weighted by Gasteiger charge is 2.18. The highest BCUT2D eigenvalue weighted by atomic mass is 79.9. The molecule has 4 nitrogen and oxygen atoms in total. The van der Waals surface area contributed by atoms with Crippen molar-refractivity contribution in [3.05, 3.63) is 82.1 Å². The molecule has 1 heterocycles. The van der Waals surface area contributed by atoms with Gasteiger partial charge in [0.05, 0.1) is 11.3 Å². The summed E-state index contributed by atoms with van der Waals surface area (Å²) in [7, 11) is 0. The Hall–Kier alpha value is -2.66. The molecule has 0 saturated carbocycles. The second kappa shape index (κ2) is 8.82. The van der Waals surface area contributed by atoms with E-state index in [2.05, 4.69) is 27.8 Å². The smallest absolute Gasteiger partial charge is 0.337 e. The van der Waals surface area contributed by atoms with Crippen LogP contribution in [0.15, 0.2) is 65.1 Å². The number of benzene rings is 2. The fraction of sp³-hybridized carbons (Fsp3) is 0.182. The fourth-order valence-corrected chi connectivity index (χ4v) is 3.13. The number of aromatic carboxylic acids is 1. The van der Waals surface area contributed by atoms with Crippen LogP contribution in [0, 0.1) is 0 Å². The molecule has 0 atom stereocenters. The number of aromatic nitrogens is 1. The summed E-state index contributed by atoms with van der Waals surface area (Å²) in [5.74, 6) is -0.319. The van der Waals surface area contributed by atoms with E-state index in [0.29, 0.717) is 11.4 Å². The van der Waals surface area contributed by atoms with Gasteiger partial charge < -0.3 is 9.84 Å². The van der Waals surface area contributed by atoms with Crippen LogP contribution in [0.4, 0.5) is 0 Å². The lowest BCUT2D eigenvalue weighted by atomic mass is 9.98. The lowest BCUT2D eigenvalue weighted by Gasteiger charge is -2.14. The molecule has 0 aliphatic heterocycles. The van der Waals surface area contributed by atoms with Gasteiger partial charge in [0.15, 0.2) is 0 Å². The third-order valence-electron chi connectivity index (χ3n) is 4.17. The van der Waals surface area contributed by atoms with E-state index in [9.17, 15) is 9.90 Å². The van der Waals surface area contributed by atoms with Gasteiger partial charge >= 0.3 is 5.97 Å². The van der Waals surface area contributed by atoms with E-state index >= 15 is 0 Å². The third kappa shape index (κ3) is 4.74. The van der Waals surface area contributed by atoms with E-state index in [4.69, 9.17) is 4.74 Å². The Kier molecular flexibility index (Phi) is 6.24. The van der Waals surface area contributed by atoms with Crippen LogP contribution in [0.2, 0.25) is 0 Å². The number of hydrogen-bond donors (Lipinski definition) is 1. The molecule has 138 valence electrons. The number of halogens is 1. The molecule has 0 aliphatic rings. The van der Waals surface area contributed by atoms with Crippen LogP contribution in [0.1, 0.15) is 35.1 Å². The van der Waals surface area contributed by atoms with Gasteiger partial charge in [0.25, 0.3) is 0 Å². The number of carboxylic acid groups (broad SMARTS) is 1. The summed E-state index contributed by atoms with van der Waals surface area (Å²) in [6, 6.07) is 18.9. The van der Waals surface area contributed by atoms with Crippen molar-refractivity contribution in [2.45, 2.75) is 26.4 Å². The minimum atomic E-state index is -1.00. The summed E-state index contributed by atoms with van der Waals surface area (Å²) in [5, 5.41) is 9.70. The zero-order valence-corrected chi connectivity index (χ0v) is 16.6. The zero-order valence-electron chi connectivity index (χ0n) is 15.0. The average Bonchev–Trinajstić information content (AvgIpc) is 2.68. The molecule has 1 N–H and O–H groups in total. The summed E-state index contributed by atoms with van der Waals surface area (Å²) < 4.78 is 6.72. The Bertz CT molecular complexity index is 924. The van der Waals surface area contributed by atoms with Crippen molar-refractivity contribution in [2.24, 2.45) is 0 Å². The van der Waals surface area contributed by atoms with Crippen LogP contribution in [-0.2, 0) is 13.0 Å². The molecule has 0 amide bonds. The van der Waals surface area contributed by atoms with Crippen LogP contribution in [0.5, 0.6) is 5.75 Å². The normalized spacial score (nSPS) is 10.6. The van der Waals surface area contributed by atoms with Gasteiger partial charge in [-0.25, -0.2) is 4.79 Å². The number of pyridine rings is 1. The van der Waals surface area contributed by atoms with E-state index in [1.165, 1.54) is 0 Å². The van der Waals surface area contributed by atoms with Crippen molar-refractivity contribution in [3.8, 4) is 16.9 Å². The number of hydrogen-bond acceptors (Lipinski definition) is 3. The molecule has 1 aromatic heterocycles. The van der Waals surface area contributed by atoms with Crippen molar-refractivity contribution < 1.29 is 14.6 Å². The molecule has 0 fully saturated rings. The van der Waals surface area contributed by atoms with E-state index in [1.807, 2.05) is 54.6 Å². The standard InChI is InChI=1S/C22H20BrNO3/c1-2-6-20-18(15-9-11-16(23)12-10-15)13-19(22(25)26)21(24-20)14-27-17-7-4-3-5-8-17/h3-5,7-13H,2,6,14H2,1H3,(H,25,26). The van der Waals surface area contributed by atoms with Crippen LogP contribution in [0.25, 0.3) is 11.1 Å². The summed E-state index contributed by atoms with van der Waals surface area (Å²) in [6.07, 6.45) is 1.69. The van der Waals surface area contributed by atoms with Gasteiger partial charge in [-0.2, -0.15) is 0 Å². The first-order valence-corrected chi connectivity index (χ1v) is 9.57. The number of ether oxygens (including phenoxy) is 1. The molecule has 0 saturated heterocycles. The van der Waals surface area contributed by atoms with E-state index < -0.39 is 5.97 Å². The second-order valence-electron chi connectivity index (χ2n) is 6.14. The highest BCUT2D eigenvalue weighted by Crippen LogP contribution is 2.28. The lowest BCUT2D eigenvalue weighted by Crippen LogP contribution is -2.11. The maximum absolute atomic E-state index is 11.8. The zero-order chi connectivity index (χ0) is 19.2.